The third kappa shape index (κ3) is 2.24. The van der Waals surface area contributed by atoms with Gasteiger partial charge in [-0.2, -0.15) is 0 Å². The Bertz CT molecular complexity index is 465. The highest BCUT2D eigenvalue weighted by Crippen LogP contribution is 2.27. The summed E-state index contributed by atoms with van der Waals surface area (Å²) >= 11 is 1.59. The Morgan fingerprint density at radius 1 is 1.65 bits per heavy atom. The molecule has 2 amide bonds. The Morgan fingerprint density at radius 2 is 2.41 bits per heavy atom. The Labute approximate surface area is 104 Å². The van der Waals surface area contributed by atoms with Crippen LogP contribution in [0.15, 0.2) is 23.6 Å². The highest BCUT2D eigenvalue weighted by atomic mass is 32.1. The average Bonchev–Trinajstić information content (AvgIpc) is 2.89. The van der Waals surface area contributed by atoms with Gasteiger partial charge in [-0.05, 0) is 23.4 Å². The first-order chi connectivity index (χ1) is 8.13. The van der Waals surface area contributed by atoms with Gasteiger partial charge in [-0.3, -0.25) is 9.59 Å². The largest absolute Gasteiger partial charge is 0.368 e. The molecule has 1 atom stereocenters. The van der Waals surface area contributed by atoms with Crippen LogP contribution in [0.2, 0.25) is 0 Å². The summed E-state index contributed by atoms with van der Waals surface area (Å²) in [5.41, 5.74) is 6.26. The van der Waals surface area contributed by atoms with Gasteiger partial charge in [0.05, 0.1) is 0 Å². The van der Waals surface area contributed by atoms with Crippen LogP contribution in [0.25, 0.3) is 5.57 Å². The van der Waals surface area contributed by atoms with Gasteiger partial charge in [0.25, 0.3) is 0 Å². The predicted molar refractivity (Wildman–Crippen MR) is 67.3 cm³/mol. The number of nitrogens with zero attached hydrogens (tertiary/aromatic N) is 1. The van der Waals surface area contributed by atoms with Crippen LogP contribution in [0.3, 0.4) is 0 Å². The van der Waals surface area contributed by atoms with Crippen LogP contribution in [-0.4, -0.2) is 29.3 Å². The molecule has 0 bridgehead atoms. The molecular weight excluding hydrogens is 236 g/mol. The molecule has 1 aliphatic rings. The van der Waals surface area contributed by atoms with E-state index < -0.39 is 11.9 Å². The number of thiophene rings is 1. The fourth-order valence-electron chi connectivity index (χ4n) is 1.99. The van der Waals surface area contributed by atoms with Crippen molar-refractivity contribution in [1.29, 1.82) is 0 Å². The van der Waals surface area contributed by atoms with Crippen LogP contribution < -0.4 is 5.73 Å². The molecule has 0 aromatic carbocycles. The minimum absolute atomic E-state index is 0.126. The zero-order valence-electron chi connectivity index (χ0n) is 9.55. The van der Waals surface area contributed by atoms with Crippen molar-refractivity contribution in [2.45, 2.75) is 19.4 Å². The number of hydrogen-bond donors (Lipinski definition) is 1. The van der Waals surface area contributed by atoms with Crippen LogP contribution in [0.5, 0.6) is 0 Å². The lowest BCUT2D eigenvalue weighted by Crippen LogP contribution is -2.45. The van der Waals surface area contributed by atoms with Gasteiger partial charge in [0, 0.05) is 17.5 Å². The van der Waals surface area contributed by atoms with E-state index in [-0.39, 0.29) is 5.91 Å². The molecule has 1 aromatic heterocycles. The summed E-state index contributed by atoms with van der Waals surface area (Å²) in [5, 5.41) is 1.97. The highest BCUT2D eigenvalue weighted by Gasteiger charge is 2.31. The highest BCUT2D eigenvalue weighted by molar-refractivity contribution is 7.11. The Morgan fingerprint density at radius 3 is 2.94 bits per heavy atom. The lowest BCUT2D eigenvalue weighted by atomic mass is 10.2. The van der Waals surface area contributed by atoms with Crippen LogP contribution in [0, 0.1) is 0 Å². The van der Waals surface area contributed by atoms with E-state index in [0.29, 0.717) is 13.0 Å². The van der Waals surface area contributed by atoms with Crippen molar-refractivity contribution in [2.75, 3.05) is 6.54 Å². The molecule has 1 aliphatic heterocycles. The normalized spacial score (nSPS) is 17.1. The van der Waals surface area contributed by atoms with Crippen LogP contribution in [-0.2, 0) is 9.59 Å². The van der Waals surface area contributed by atoms with Crippen LogP contribution in [0.1, 0.15) is 18.2 Å². The molecule has 4 nitrogen and oxygen atoms in total. The molecule has 0 fully saturated rings. The number of nitrogens with two attached hydrogens (primary N) is 1. The van der Waals surface area contributed by atoms with Crippen molar-refractivity contribution in [1.82, 2.24) is 4.90 Å². The molecule has 5 heteroatoms. The summed E-state index contributed by atoms with van der Waals surface area (Å²) in [5.74, 6) is -0.569. The van der Waals surface area contributed by atoms with Crippen molar-refractivity contribution in [3.63, 3.8) is 0 Å². The van der Waals surface area contributed by atoms with E-state index in [1.54, 1.807) is 17.4 Å². The third-order valence-electron chi connectivity index (χ3n) is 2.85. The molecule has 90 valence electrons. The topological polar surface area (TPSA) is 63.4 Å². The van der Waals surface area contributed by atoms with Crippen LogP contribution in [0.4, 0.5) is 0 Å². The van der Waals surface area contributed by atoms with Gasteiger partial charge in [-0.15, -0.1) is 11.3 Å². The van der Waals surface area contributed by atoms with E-state index in [1.165, 1.54) is 4.90 Å². The smallest absolute Gasteiger partial charge is 0.247 e. The number of rotatable bonds is 4. The van der Waals surface area contributed by atoms with Crippen molar-refractivity contribution in [2.24, 2.45) is 5.73 Å². The molecule has 0 radical (unpaired) electrons. The van der Waals surface area contributed by atoms with Crippen molar-refractivity contribution in [3.05, 3.63) is 28.5 Å². The molecule has 0 spiro atoms. The maximum absolute atomic E-state index is 11.8. The minimum atomic E-state index is -0.504. The van der Waals surface area contributed by atoms with E-state index in [2.05, 4.69) is 0 Å². The Balaban J connectivity index is 2.17. The van der Waals surface area contributed by atoms with E-state index >= 15 is 0 Å². The molecule has 0 saturated heterocycles. The Hall–Kier alpha value is -1.62. The first-order valence-electron chi connectivity index (χ1n) is 5.48. The molecule has 2 heterocycles. The third-order valence-corrected chi connectivity index (χ3v) is 3.80. The van der Waals surface area contributed by atoms with Crippen molar-refractivity contribution >= 4 is 28.7 Å². The van der Waals surface area contributed by atoms with Gasteiger partial charge in [0.1, 0.15) is 6.04 Å². The fraction of sp³-hybridized carbons (Fsp3) is 0.333. The maximum atomic E-state index is 11.8. The quantitative estimate of drug-likeness (QED) is 0.873. The number of primary amides is 1. The predicted octanol–water partition coefficient (Wildman–Crippen LogP) is 1.24. The van der Waals surface area contributed by atoms with E-state index in [4.69, 9.17) is 5.73 Å². The number of hydrogen-bond acceptors (Lipinski definition) is 3. The summed E-state index contributed by atoms with van der Waals surface area (Å²) in [6, 6.07) is 3.41. The zero-order chi connectivity index (χ0) is 12.4. The minimum Gasteiger partial charge on any atom is -0.368 e. The second-order valence-electron chi connectivity index (χ2n) is 3.94. The lowest BCUT2D eigenvalue weighted by molar-refractivity contribution is -0.134. The maximum Gasteiger partial charge on any atom is 0.247 e. The van der Waals surface area contributed by atoms with Gasteiger partial charge in [0.2, 0.25) is 11.8 Å². The summed E-state index contributed by atoms with van der Waals surface area (Å²) < 4.78 is 0. The van der Waals surface area contributed by atoms with Crippen molar-refractivity contribution in [3.8, 4) is 0 Å². The summed E-state index contributed by atoms with van der Waals surface area (Å²) in [4.78, 5) is 25.7. The fourth-order valence-corrected chi connectivity index (χ4v) is 2.72. The van der Waals surface area contributed by atoms with Gasteiger partial charge in [-0.25, -0.2) is 0 Å². The van der Waals surface area contributed by atoms with Gasteiger partial charge in [0.15, 0.2) is 0 Å². The van der Waals surface area contributed by atoms with E-state index in [9.17, 15) is 9.59 Å². The van der Waals surface area contributed by atoms with Gasteiger partial charge < -0.3 is 10.6 Å². The molecular formula is C12H14N2O2S. The molecule has 2 N–H and O–H groups in total. The summed E-state index contributed by atoms with van der Waals surface area (Å²) in [6.45, 7) is 2.33. The van der Waals surface area contributed by atoms with Gasteiger partial charge in [-0.1, -0.05) is 13.0 Å². The second kappa shape index (κ2) is 4.71. The summed E-state index contributed by atoms with van der Waals surface area (Å²) in [7, 11) is 0. The SMILES string of the molecule is CC[C@@H](C(N)=O)N1CC(c2cccs2)=CC1=O. The van der Waals surface area contributed by atoms with Crippen LogP contribution >= 0.6 is 11.3 Å². The average molecular weight is 250 g/mol. The monoisotopic (exact) mass is 250 g/mol. The van der Waals surface area contributed by atoms with Crippen molar-refractivity contribution < 1.29 is 9.59 Å². The number of carbonyl (C=O) groups is 2. The first-order valence-corrected chi connectivity index (χ1v) is 6.35. The molecule has 1 aromatic rings. The molecule has 0 unspecified atom stereocenters. The lowest BCUT2D eigenvalue weighted by Gasteiger charge is -2.24. The molecule has 2 rings (SSSR count). The number of amides is 2. The Kier molecular flexibility index (Phi) is 3.28. The molecule has 17 heavy (non-hydrogen) atoms. The zero-order valence-corrected chi connectivity index (χ0v) is 10.4. The van der Waals surface area contributed by atoms with E-state index in [1.807, 2.05) is 24.4 Å². The second-order valence-corrected chi connectivity index (χ2v) is 4.89. The standard InChI is InChI=1S/C12H14N2O2S/c1-2-9(12(13)16)14-7-8(6-11(14)15)10-4-3-5-17-10/h3-6,9H,2,7H2,1H3,(H2,13,16)/t9-/m0/s1. The number of carbonyl (C=O) groups excluding carboxylic acids is 2. The molecule has 0 saturated carbocycles. The summed E-state index contributed by atoms with van der Waals surface area (Å²) in [6.07, 6.45) is 2.14. The first kappa shape index (κ1) is 11.9. The van der Waals surface area contributed by atoms with Gasteiger partial charge >= 0.3 is 0 Å². The van der Waals surface area contributed by atoms with E-state index in [0.717, 1.165) is 10.5 Å². The molecule has 0 aliphatic carbocycles.